The zero-order valence-corrected chi connectivity index (χ0v) is 12.9. The van der Waals surface area contributed by atoms with E-state index in [1.54, 1.807) is 19.2 Å². The van der Waals surface area contributed by atoms with Crippen LogP contribution in [0.5, 0.6) is 0 Å². The first-order valence-corrected chi connectivity index (χ1v) is 7.11. The number of benzene rings is 1. The number of methoxy groups -OCH3 is 1. The lowest BCUT2D eigenvalue weighted by molar-refractivity contribution is 0.102. The van der Waals surface area contributed by atoms with Gasteiger partial charge in [0.15, 0.2) is 0 Å². The molecule has 0 spiro atoms. The molecule has 0 aliphatic rings. The SMILES string of the molecule is COCCn1nnnc1NC(=O)c1ccc2nc(C)ccc2c1. The Bertz CT molecular complexity index is 845. The van der Waals surface area contributed by atoms with E-state index in [2.05, 4.69) is 25.8 Å². The number of fused-ring (bicyclic) bond motifs is 1. The van der Waals surface area contributed by atoms with Crippen molar-refractivity contribution in [2.24, 2.45) is 0 Å². The van der Waals surface area contributed by atoms with E-state index in [1.807, 2.05) is 25.1 Å². The number of amides is 1. The second-order valence-electron chi connectivity index (χ2n) is 5.03. The molecular weight excluding hydrogens is 296 g/mol. The van der Waals surface area contributed by atoms with E-state index < -0.39 is 0 Å². The van der Waals surface area contributed by atoms with Crippen molar-refractivity contribution in [1.29, 1.82) is 0 Å². The van der Waals surface area contributed by atoms with Crippen molar-refractivity contribution in [3.05, 3.63) is 41.6 Å². The van der Waals surface area contributed by atoms with Crippen LogP contribution in [0.4, 0.5) is 5.95 Å². The van der Waals surface area contributed by atoms with Crippen LogP contribution in [-0.4, -0.2) is 44.8 Å². The average Bonchev–Trinajstić information content (AvgIpc) is 2.99. The van der Waals surface area contributed by atoms with E-state index in [-0.39, 0.29) is 11.9 Å². The fraction of sp³-hybridized carbons (Fsp3) is 0.267. The summed E-state index contributed by atoms with van der Waals surface area (Å²) < 4.78 is 6.46. The Kier molecular flexibility index (Phi) is 4.24. The Morgan fingerprint density at radius 2 is 2.17 bits per heavy atom. The molecule has 8 heteroatoms. The number of pyridine rings is 1. The molecule has 0 unspecified atom stereocenters. The molecule has 0 bridgehead atoms. The Labute approximate surface area is 132 Å². The first-order valence-electron chi connectivity index (χ1n) is 7.11. The van der Waals surface area contributed by atoms with Gasteiger partial charge in [-0.2, -0.15) is 0 Å². The van der Waals surface area contributed by atoms with Crippen molar-refractivity contribution in [2.45, 2.75) is 13.5 Å². The fourth-order valence-electron chi connectivity index (χ4n) is 2.16. The average molecular weight is 312 g/mol. The molecule has 23 heavy (non-hydrogen) atoms. The van der Waals surface area contributed by atoms with Gasteiger partial charge >= 0.3 is 0 Å². The van der Waals surface area contributed by atoms with Crippen LogP contribution < -0.4 is 5.32 Å². The molecule has 0 aliphatic heterocycles. The third-order valence-electron chi connectivity index (χ3n) is 3.36. The number of nitrogens with zero attached hydrogens (tertiary/aromatic N) is 5. The molecule has 0 radical (unpaired) electrons. The van der Waals surface area contributed by atoms with Crippen molar-refractivity contribution < 1.29 is 9.53 Å². The summed E-state index contributed by atoms with van der Waals surface area (Å²) in [5, 5.41) is 14.8. The summed E-state index contributed by atoms with van der Waals surface area (Å²) in [6.45, 7) is 2.84. The van der Waals surface area contributed by atoms with Gasteiger partial charge in [0, 0.05) is 23.8 Å². The summed E-state index contributed by atoms with van der Waals surface area (Å²) in [5.74, 6) is 0.00937. The molecule has 3 rings (SSSR count). The maximum Gasteiger partial charge on any atom is 0.258 e. The number of ether oxygens (including phenoxy) is 1. The number of carbonyl (C=O) groups is 1. The second-order valence-corrected chi connectivity index (χ2v) is 5.03. The molecule has 3 aromatic rings. The third kappa shape index (κ3) is 3.32. The van der Waals surface area contributed by atoms with Gasteiger partial charge in [0.25, 0.3) is 5.91 Å². The summed E-state index contributed by atoms with van der Waals surface area (Å²) >= 11 is 0. The van der Waals surface area contributed by atoms with E-state index in [4.69, 9.17) is 4.74 Å². The Morgan fingerprint density at radius 1 is 1.30 bits per heavy atom. The Balaban J connectivity index is 1.80. The van der Waals surface area contributed by atoms with Crippen LogP contribution in [0.2, 0.25) is 0 Å². The summed E-state index contributed by atoms with van der Waals surface area (Å²) in [6.07, 6.45) is 0. The zero-order chi connectivity index (χ0) is 16.2. The second kappa shape index (κ2) is 6.49. The van der Waals surface area contributed by atoms with Gasteiger partial charge in [0.1, 0.15) is 0 Å². The third-order valence-corrected chi connectivity index (χ3v) is 3.36. The molecule has 1 N–H and O–H groups in total. The summed E-state index contributed by atoms with van der Waals surface area (Å²) in [7, 11) is 1.59. The van der Waals surface area contributed by atoms with Gasteiger partial charge in [-0.1, -0.05) is 11.2 Å². The normalized spacial score (nSPS) is 10.9. The van der Waals surface area contributed by atoms with Crippen molar-refractivity contribution in [3.63, 3.8) is 0 Å². The molecule has 0 saturated carbocycles. The van der Waals surface area contributed by atoms with Gasteiger partial charge in [-0.25, -0.2) is 4.68 Å². The highest BCUT2D eigenvalue weighted by atomic mass is 16.5. The van der Waals surface area contributed by atoms with Crippen LogP contribution in [0.25, 0.3) is 10.9 Å². The van der Waals surface area contributed by atoms with E-state index in [0.29, 0.717) is 18.7 Å². The molecule has 0 fully saturated rings. The predicted octanol–water partition coefficient (Wildman–Crippen LogP) is 1.43. The van der Waals surface area contributed by atoms with Crippen LogP contribution in [0, 0.1) is 6.92 Å². The highest BCUT2D eigenvalue weighted by molar-refractivity contribution is 6.05. The lowest BCUT2D eigenvalue weighted by atomic mass is 10.1. The minimum atomic E-state index is -0.277. The van der Waals surface area contributed by atoms with Crippen LogP contribution in [0.1, 0.15) is 16.1 Å². The van der Waals surface area contributed by atoms with Gasteiger partial charge in [0.05, 0.1) is 18.7 Å². The summed E-state index contributed by atoms with van der Waals surface area (Å²) in [4.78, 5) is 16.8. The lowest BCUT2D eigenvalue weighted by Crippen LogP contribution is -2.17. The number of aryl methyl sites for hydroxylation is 1. The minimum absolute atomic E-state index is 0.277. The summed E-state index contributed by atoms with van der Waals surface area (Å²) in [5.41, 5.74) is 2.31. The van der Waals surface area contributed by atoms with E-state index in [9.17, 15) is 4.79 Å². The first kappa shape index (κ1) is 15.0. The first-order chi connectivity index (χ1) is 11.2. The van der Waals surface area contributed by atoms with Crippen LogP contribution in [0.15, 0.2) is 30.3 Å². The molecule has 0 atom stereocenters. The molecule has 2 aromatic heterocycles. The molecule has 1 aromatic carbocycles. The highest BCUT2D eigenvalue weighted by Gasteiger charge is 2.12. The number of aromatic nitrogens is 5. The number of tetrazole rings is 1. The molecule has 0 saturated heterocycles. The zero-order valence-electron chi connectivity index (χ0n) is 12.9. The van der Waals surface area contributed by atoms with Gasteiger partial charge < -0.3 is 4.74 Å². The predicted molar refractivity (Wildman–Crippen MR) is 84.1 cm³/mol. The number of rotatable bonds is 5. The number of nitrogens with one attached hydrogen (secondary N) is 1. The van der Waals surface area contributed by atoms with Crippen molar-refractivity contribution in [3.8, 4) is 0 Å². The Hall–Kier alpha value is -2.87. The van der Waals surface area contributed by atoms with Crippen molar-refractivity contribution >= 4 is 22.8 Å². The topological polar surface area (TPSA) is 94.8 Å². The van der Waals surface area contributed by atoms with Gasteiger partial charge in [-0.05, 0) is 41.6 Å². The molecule has 2 heterocycles. The Morgan fingerprint density at radius 3 is 3.00 bits per heavy atom. The van der Waals surface area contributed by atoms with E-state index >= 15 is 0 Å². The monoisotopic (exact) mass is 312 g/mol. The van der Waals surface area contributed by atoms with Crippen molar-refractivity contribution in [1.82, 2.24) is 25.2 Å². The lowest BCUT2D eigenvalue weighted by Gasteiger charge is -2.06. The van der Waals surface area contributed by atoms with Gasteiger partial charge in [-0.15, -0.1) is 0 Å². The fourth-order valence-corrected chi connectivity index (χ4v) is 2.16. The van der Waals surface area contributed by atoms with Crippen LogP contribution >= 0.6 is 0 Å². The van der Waals surface area contributed by atoms with E-state index in [0.717, 1.165) is 16.6 Å². The van der Waals surface area contributed by atoms with Crippen LogP contribution in [-0.2, 0) is 11.3 Å². The van der Waals surface area contributed by atoms with Crippen molar-refractivity contribution in [2.75, 3.05) is 19.0 Å². The minimum Gasteiger partial charge on any atom is -0.383 e. The van der Waals surface area contributed by atoms with Gasteiger partial charge in [-0.3, -0.25) is 15.1 Å². The maximum absolute atomic E-state index is 12.4. The van der Waals surface area contributed by atoms with Gasteiger partial charge in [0.2, 0.25) is 5.95 Å². The molecule has 1 amide bonds. The summed E-state index contributed by atoms with van der Waals surface area (Å²) in [6, 6.07) is 9.20. The number of anilines is 1. The number of hydrogen-bond donors (Lipinski definition) is 1. The smallest absolute Gasteiger partial charge is 0.258 e. The molecular formula is C15H16N6O2. The molecule has 118 valence electrons. The highest BCUT2D eigenvalue weighted by Crippen LogP contribution is 2.15. The quantitative estimate of drug-likeness (QED) is 0.766. The number of carbonyl (C=O) groups excluding carboxylic acids is 1. The van der Waals surface area contributed by atoms with E-state index in [1.165, 1.54) is 4.68 Å². The number of hydrogen-bond acceptors (Lipinski definition) is 6. The maximum atomic E-state index is 12.4. The molecule has 8 nitrogen and oxygen atoms in total. The molecule has 0 aliphatic carbocycles. The largest absolute Gasteiger partial charge is 0.383 e. The standard InChI is InChI=1S/C15H16N6O2/c1-10-3-4-11-9-12(5-6-13(11)16-10)14(22)17-15-18-19-20-21(15)7-8-23-2/h3-6,9H,7-8H2,1-2H3,(H,17,18,20,22). The van der Waals surface area contributed by atoms with Crippen LogP contribution in [0.3, 0.4) is 0 Å².